The first kappa shape index (κ1) is 18.8. The highest BCUT2D eigenvalue weighted by atomic mass is 35.5. The SMILES string of the molecule is COc1ccc(C(=O)COC(=O)c2ccc(OC(C)C)cc2)cc1Cl. The first-order valence-electron chi connectivity index (χ1n) is 7.71. The smallest absolute Gasteiger partial charge is 0.338 e. The molecule has 0 unspecified atom stereocenters. The molecule has 0 radical (unpaired) electrons. The zero-order chi connectivity index (χ0) is 18.4. The highest BCUT2D eigenvalue weighted by Crippen LogP contribution is 2.25. The number of carbonyl (C=O) groups is 2. The molecule has 0 bridgehead atoms. The van der Waals surface area contributed by atoms with Gasteiger partial charge >= 0.3 is 5.97 Å². The number of ether oxygens (including phenoxy) is 3. The predicted molar refractivity (Wildman–Crippen MR) is 94.8 cm³/mol. The van der Waals surface area contributed by atoms with Crippen molar-refractivity contribution in [1.29, 1.82) is 0 Å². The molecule has 0 aromatic heterocycles. The van der Waals surface area contributed by atoms with E-state index < -0.39 is 5.97 Å². The summed E-state index contributed by atoms with van der Waals surface area (Å²) < 4.78 is 15.6. The Morgan fingerprint density at radius 2 is 1.68 bits per heavy atom. The summed E-state index contributed by atoms with van der Waals surface area (Å²) in [5, 5.41) is 0.320. The van der Waals surface area contributed by atoms with E-state index >= 15 is 0 Å². The normalized spacial score (nSPS) is 10.4. The number of benzene rings is 2. The van der Waals surface area contributed by atoms with E-state index in [1.165, 1.54) is 13.2 Å². The van der Waals surface area contributed by atoms with Crippen molar-refractivity contribution in [1.82, 2.24) is 0 Å². The lowest BCUT2D eigenvalue weighted by atomic mass is 10.1. The molecule has 0 heterocycles. The van der Waals surface area contributed by atoms with Gasteiger partial charge in [0.15, 0.2) is 12.4 Å². The van der Waals surface area contributed by atoms with Crippen LogP contribution >= 0.6 is 11.6 Å². The fourth-order valence-corrected chi connectivity index (χ4v) is 2.34. The Bertz CT molecular complexity index is 753. The molecule has 2 aromatic rings. The highest BCUT2D eigenvalue weighted by Gasteiger charge is 2.13. The van der Waals surface area contributed by atoms with E-state index in [1.54, 1.807) is 36.4 Å². The van der Waals surface area contributed by atoms with Crippen molar-refractivity contribution in [2.24, 2.45) is 0 Å². The maximum Gasteiger partial charge on any atom is 0.338 e. The van der Waals surface area contributed by atoms with Crippen molar-refractivity contribution in [2.75, 3.05) is 13.7 Å². The molecule has 25 heavy (non-hydrogen) atoms. The Labute approximate surface area is 151 Å². The van der Waals surface area contributed by atoms with E-state index in [4.69, 9.17) is 25.8 Å². The van der Waals surface area contributed by atoms with Crippen LogP contribution in [0.15, 0.2) is 42.5 Å². The zero-order valence-corrected chi connectivity index (χ0v) is 15.0. The second-order valence-electron chi connectivity index (χ2n) is 5.54. The molecule has 0 aliphatic rings. The van der Waals surface area contributed by atoms with Gasteiger partial charge in [-0.05, 0) is 56.3 Å². The molecule has 0 atom stereocenters. The summed E-state index contributed by atoms with van der Waals surface area (Å²) in [5.41, 5.74) is 0.691. The molecule has 0 spiro atoms. The van der Waals surface area contributed by atoms with Gasteiger partial charge in [0.1, 0.15) is 11.5 Å². The first-order chi connectivity index (χ1) is 11.9. The molecule has 2 aromatic carbocycles. The summed E-state index contributed by atoms with van der Waals surface area (Å²) in [6, 6.07) is 11.2. The minimum Gasteiger partial charge on any atom is -0.495 e. The fraction of sp³-hybridized carbons (Fsp3) is 0.263. The third-order valence-corrected chi connectivity index (χ3v) is 3.57. The van der Waals surface area contributed by atoms with Crippen molar-refractivity contribution in [2.45, 2.75) is 20.0 Å². The van der Waals surface area contributed by atoms with Crippen molar-refractivity contribution in [3.8, 4) is 11.5 Å². The summed E-state index contributed by atoms with van der Waals surface area (Å²) >= 11 is 5.99. The molecule has 2 rings (SSSR count). The van der Waals surface area contributed by atoms with E-state index in [2.05, 4.69) is 0 Å². The van der Waals surface area contributed by atoms with Gasteiger partial charge in [-0.1, -0.05) is 11.6 Å². The minimum atomic E-state index is -0.580. The van der Waals surface area contributed by atoms with Crippen molar-refractivity contribution in [3.05, 3.63) is 58.6 Å². The lowest BCUT2D eigenvalue weighted by molar-refractivity contribution is 0.0474. The van der Waals surface area contributed by atoms with Gasteiger partial charge in [-0.15, -0.1) is 0 Å². The monoisotopic (exact) mass is 362 g/mol. The van der Waals surface area contributed by atoms with Crippen LogP contribution in [0.4, 0.5) is 0 Å². The molecular weight excluding hydrogens is 344 g/mol. The molecule has 0 saturated heterocycles. The van der Waals surface area contributed by atoms with Crippen LogP contribution in [-0.2, 0) is 4.74 Å². The Hall–Kier alpha value is -2.53. The fourth-order valence-electron chi connectivity index (χ4n) is 2.08. The summed E-state index contributed by atoms with van der Waals surface area (Å²) in [6.07, 6.45) is 0.0479. The molecule has 0 amide bonds. The number of Topliss-reactive ketones (excluding diaryl/α,β-unsaturated/α-hetero) is 1. The van der Waals surface area contributed by atoms with Crippen LogP contribution in [0.5, 0.6) is 11.5 Å². The molecule has 0 saturated carbocycles. The van der Waals surface area contributed by atoms with Crippen LogP contribution in [-0.4, -0.2) is 31.6 Å². The molecule has 132 valence electrons. The van der Waals surface area contributed by atoms with Crippen molar-refractivity contribution in [3.63, 3.8) is 0 Å². The van der Waals surface area contributed by atoms with Crippen LogP contribution in [0.25, 0.3) is 0 Å². The van der Waals surface area contributed by atoms with Gasteiger partial charge in [-0.3, -0.25) is 4.79 Å². The number of esters is 1. The third kappa shape index (κ3) is 5.22. The van der Waals surface area contributed by atoms with Gasteiger partial charge in [0.2, 0.25) is 0 Å². The van der Waals surface area contributed by atoms with E-state index in [0.717, 1.165) is 0 Å². The number of hydrogen-bond acceptors (Lipinski definition) is 5. The molecule has 0 fully saturated rings. The lowest BCUT2D eigenvalue weighted by Crippen LogP contribution is -2.14. The predicted octanol–water partition coefficient (Wildman–Crippen LogP) is 4.18. The number of ketones is 1. The number of methoxy groups -OCH3 is 1. The average Bonchev–Trinajstić information content (AvgIpc) is 2.59. The lowest BCUT2D eigenvalue weighted by Gasteiger charge is -2.10. The maximum absolute atomic E-state index is 12.1. The van der Waals surface area contributed by atoms with Gasteiger partial charge in [0, 0.05) is 5.56 Å². The molecule has 0 N–H and O–H groups in total. The van der Waals surface area contributed by atoms with Crippen LogP contribution in [0.1, 0.15) is 34.6 Å². The summed E-state index contributed by atoms with van der Waals surface area (Å²) in [5.74, 6) is 0.205. The second kappa shape index (κ2) is 8.53. The molecule has 5 nitrogen and oxygen atoms in total. The maximum atomic E-state index is 12.1. The van der Waals surface area contributed by atoms with Gasteiger partial charge in [-0.25, -0.2) is 4.79 Å². The molecule has 6 heteroatoms. The van der Waals surface area contributed by atoms with Gasteiger partial charge in [0.05, 0.1) is 23.8 Å². The van der Waals surface area contributed by atoms with E-state index in [9.17, 15) is 9.59 Å². The summed E-state index contributed by atoms with van der Waals surface area (Å²) in [4.78, 5) is 24.1. The Kier molecular flexibility index (Phi) is 6.42. The Balaban J connectivity index is 1.95. The Morgan fingerprint density at radius 3 is 2.24 bits per heavy atom. The topological polar surface area (TPSA) is 61.8 Å². The van der Waals surface area contributed by atoms with Gasteiger partial charge in [-0.2, -0.15) is 0 Å². The summed E-state index contributed by atoms with van der Waals surface area (Å²) in [6.45, 7) is 3.46. The van der Waals surface area contributed by atoms with Crippen LogP contribution in [0.2, 0.25) is 5.02 Å². The number of carbonyl (C=O) groups excluding carboxylic acids is 2. The van der Waals surface area contributed by atoms with E-state index in [-0.39, 0.29) is 18.5 Å². The number of rotatable bonds is 7. The quantitative estimate of drug-likeness (QED) is 0.546. The van der Waals surface area contributed by atoms with Crippen LogP contribution in [0.3, 0.4) is 0 Å². The highest BCUT2D eigenvalue weighted by molar-refractivity contribution is 6.32. The number of hydrogen-bond donors (Lipinski definition) is 0. The number of halogens is 1. The molecule has 0 aliphatic carbocycles. The van der Waals surface area contributed by atoms with E-state index in [1.807, 2.05) is 13.8 Å². The molecular formula is C19H19ClO5. The second-order valence-corrected chi connectivity index (χ2v) is 5.95. The minimum absolute atomic E-state index is 0.0479. The third-order valence-electron chi connectivity index (χ3n) is 3.27. The largest absolute Gasteiger partial charge is 0.495 e. The molecule has 0 aliphatic heterocycles. The van der Waals surface area contributed by atoms with Crippen molar-refractivity contribution < 1.29 is 23.8 Å². The standard InChI is InChI=1S/C19H19ClO5/c1-12(2)25-15-7-4-13(5-8-15)19(22)24-11-17(21)14-6-9-18(23-3)16(20)10-14/h4-10,12H,11H2,1-3H3. The van der Waals surface area contributed by atoms with Gasteiger partial charge < -0.3 is 14.2 Å². The summed E-state index contributed by atoms with van der Waals surface area (Å²) in [7, 11) is 1.49. The van der Waals surface area contributed by atoms with Gasteiger partial charge in [0.25, 0.3) is 0 Å². The van der Waals surface area contributed by atoms with Crippen molar-refractivity contribution >= 4 is 23.4 Å². The average molecular weight is 363 g/mol. The first-order valence-corrected chi connectivity index (χ1v) is 8.09. The van der Waals surface area contributed by atoms with E-state index in [0.29, 0.717) is 27.6 Å². The Morgan fingerprint density at radius 1 is 1.04 bits per heavy atom. The zero-order valence-electron chi connectivity index (χ0n) is 14.2. The van der Waals surface area contributed by atoms with Crippen LogP contribution < -0.4 is 9.47 Å². The van der Waals surface area contributed by atoms with Crippen LogP contribution in [0, 0.1) is 0 Å².